The van der Waals surface area contributed by atoms with Gasteiger partial charge >= 0.3 is 0 Å². The van der Waals surface area contributed by atoms with E-state index < -0.39 is 0 Å². The Hall–Kier alpha value is -1.78. The molecule has 6 heteroatoms. The van der Waals surface area contributed by atoms with E-state index in [1.165, 1.54) is 6.33 Å². The van der Waals surface area contributed by atoms with Crippen LogP contribution in [0.4, 0.5) is 0 Å². The monoisotopic (exact) mass is 276 g/mol. The minimum Gasteiger partial charge on any atom is -0.255 e. The van der Waals surface area contributed by atoms with Gasteiger partial charge in [-0.2, -0.15) is 0 Å². The zero-order chi connectivity index (χ0) is 12.5. The number of pyridine rings is 2. The Labute approximate surface area is 113 Å². The number of fused-ring (bicyclic) bond motifs is 1. The second-order valence-corrected chi connectivity index (χ2v) is 4.36. The quantitative estimate of drug-likeness (QED) is 0.640. The van der Waals surface area contributed by atoms with Gasteiger partial charge in [-0.25, -0.2) is 9.97 Å². The van der Waals surface area contributed by atoms with Gasteiger partial charge in [-0.05, 0) is 18.2 Å². The lowest BCUT2D eigenvalue weighted by Crippen LogP contribution is -1.90. The van der Waals surface area contributed by atoms with Crippen LogP contribution in [0.2, 0.25) is 10.2 Å². The van der Waals surface area contributed by atoms with Crippen molar-refractivity contribution in [2.24, 2.45) is 0 Å². The largest absolute Gasteiger partial charge is 0.255 e. The molecule has 0 fully saturated rings. The maximum atomic E-state index is 6.09. The molecule has 0 atom stereocenters. The first-order valence-electron chi connectivity index (χ1n) is 5.13. The summed E-state index contributed by atoms with van der Waals surface area (Å²) in [5.41, 5.74) is 2.69. The van der Waals surface area contributed by atoms with Crippen molar-refractivity contribution in [2.45, 2.75) is 0 Å². The molecular formula is C12H6Cl2N4. The van der Waals surface area contributed by atoms with Gasteiger partial charge < -0.3 is 0 Å². The fourth-order valence-electron chi connectivity index (χ4n) is 1.64. The molecule has 0 bridgehead atoms. The maximum absolute atomic E-state index is 6.09. The predicted octanol–water partition coefficient (Wildman–Crippen LogP) is 3.39. The molecule has 3 heterocycles. The third-order valence-electron chi connectivity index (χ3n) is 2.46. The van der Waals surface area contributed by atoms with E-state index in [0.717, 1.165) is 5.56 Å². The highest BCUT2D eigenvalue weighted by Crippen LogP contribution is 2.27. The molecule has 0 unspecified atom stereocenters. The summed E-state index contributed by atoms with van der Waals surface area (Å²) in [6, 6.07) is 5.39. The van der Waals surface area contributed by atoms with Crippen LogP contribution in [0.5, 0.6) is 0 Å². The van der Waals surface area contributed by atoms with Crippen LogP contribution in [0.1, 0.15) is 0 Å². The topological polar surface area (TPSA) is 51.6 Å². The van der Waals surface area contributed by atoms with Gasteiger partial charge in [0.15, 0.2) is 5.15 Å². The predicted molar refractivity (Wildman–Crippen MR) is 70.6 cm³/mol. The van der Waals surface area contributed by atoms with Gasteiger partial charge in [-0.1, -0.05) is 23.2 Å². The van der Waals surface area contributed by atoms with Crippen LogP contribution in [0.3, 0.4) is 0 Å². The van der Waals surface area contributed by atoms with Crippen molar-refractivity contribution in [3.8, 4) is 11.3 Å². The Balaban J connectivity index is 2.23. The van der Waals surface area contributed by atoms with Gasteiger partial charge in [0.25, 0.3) is 0 Å². The Bertz CT molecular complexity index is 730. The lowest BCUT2D eigenvalue weighted by Gasteiger charge is -2.04. The third kappa shape index (κ3) is 1.89. The van der Waals surface area contributed by atoms with Crippen molar-refractivity contribution in [1.82, 2.24) is 19.9 Å². The summed E-state index contributed by atoms with van der Waals surface area (Å²) < 4.78 is 0. The molecule has 3 rings (SSSR count). The first kappa shape index (κ1) is 11.3. The van der Waals surface area contributed by atoms with Gasteiger partial charge in [0.05, 0.1) is 16.2 Å². The molecule has 0 aliphatic carbocycles. The second kappa shape index (κ2) is 4.48. The van der Waals surface area contributed by atoms with E-state index in [0.29, 0.717) is 26.9 Å². The van der Waals surface area contributed by atoms with Crippen LogP contribution in [0.25, 0.3) is 22.3 Å². The van der Waals surface area contributed by atoms with Crippen LogP contribution in [0, 0.1) is 0 Å². The number of nitrogens with zero attached hydrogens (tertiary/aromatic N) is 4. The number of hydrogen-bond donors (Lipinski definition) is 0. The average Bonchev–Trinajstić information content (AvgIpc) is 2.39. The average molecular weight is 277 g/mol. The third-order valence-corrected chi connectivity index (χ3v) is 3.04. The van der Waals surface area contributed by atoms with Gasteiger partial charge in [-0.3, -0.25) is 9.97 Å². The Kier molecular flexibility index (Phi) is 2.81. The molecule has 18 heavy (non-hydrogen) atoms. The van der Waals surface area contributed by atoms with E-state index in [1.54, 1.807) is 24.5 Å². The van der Waals surface area contributed by atoms with E-state index in [4.69, 9.17) is 23.2 Å². The van der Waals surface area contributed by atoms with E-state index in [-0.39, 0.29) is 0 Å². The number of aromatic nitrogens is 4. The normalized spacial score (nSPS) is 10.8. The molecule has 0 saturated heterocycles. The fourth-order valence-corrected chi connectivity index (χ4v) is 2.06. The Morgan fingerprint density at radius 1 is 1.00 bits per heavy atom. The zero-order valence-electron chi connectivity index (χ0n) is 9.01. The van der Waals surface area contributed by atoms with E-state index >= 15 is 0 Å². The smallest absolute Gasteiger partial charge is 0.158 e. The fraction of sp³-hybridized carbons (Fsp3) is 0. The molecule has 3 aromatic heterocycles. The van der Waals surface area contributed by atoms with Crippen molar-refractivity contribution in [2.75, 3.05) is 0 Å². The highest BCUT2D eigenvalue weighted by Gasteiger charge is 2.08. The van der Waals surface area contributed by atoms with E-state index in [2.05, 4.69) is 19.9 Å². The summed E-state index contributed by atoms with van der Waals surface area (Å²) in [6.07, 6.45) is 4.74. The molecule has 0 spiro atoms. The molecular weight excluding hydrogens is 271 g/mol. The molecule has 88 valence electrons. The standard InChI is InChI=1S/C12H6Cl2N4/c13-8-2-1-3-15-10(8)7-4-9-11(16-5-7)12(14)18-6-17-9/h1-6H. The number of hydrogen-bond acceptors (Lipinski definition) is 4. The van der Waals surface area contributed by atoms with Gasteiger partial charge in [-0.15, -0.1) is 0 Å². The Morgan fingerprint density at radius 3 is 2.72 bits per heavy atom. The summed E-state index contributed by atoms with van der Waals surface area (Å²) in [5.74, 6) is 0. The molecule has 0 saturated carbocycles. The van der Waals surface area contributed by atoms with Crippen molar-refractivity contribution in [1.29, 1.82) is 0 Å². The highest BCUT2D eigenvalue weighted by molar-refractivity contribution is 6.34. The Morgan fingerprint density at radius 2 is 1.89 bits per heavy atom. The van der Waals surface area contributed by atoms with Crippen LogP contribution < -0.4 is 0 Å². The highest BCUT2D eigenvalue weighted by atomic mass is 35.5. The zero-order valence-corrected chi connectivity index (χ0v) is 10.5. The molecule has 0 amide bonds. The summed E-state index contributed by atoms with van der Waals surface area (Å²) >= 11 is 12.0. The minimum absolute atomic E-state index is 0.332. The molecule has 4 nitrogen and oxygen atoms in total. The molecule has 0 aliphatic rings. The van der Waals surface area contributed by atoms with Gasteiger partial charge in [0.2, 0.25) is 0 Å². The summed E-state index contributed by atoms with van der Waals surface area (Å²) in [7, 11) is 0. The summed E-state index contributed by atoms with van der Waals surface area (Å²) in [6.45, 7) is 0. The maximum Gasteiger partial charge on any atom is 0.158 e. The van der Waals surface area contributed by atoms with Gasteiger partial charge in [0.1, 0.15) is 11.8 Å². The lowest BCUT2D eigenvalue weighted by molar-refractivity contribution is 1.19. The van der Waals surface area contributed by atoms with Gasteiger partial charge in [0, 0.05) is 18.0 Å². The molecule has 0 aliphatic heterocycles. The minimum atomic E-state index is 0.332. The number of halogens is 2. The molecule has 0 aromatic carbocycles. The van der Waals surface area contributed by atoms with Crippen LogP contribution in [0.15, 0.2) is 36.9 Å². The first-order chi connectivity index (χ1) is 8.75. The van der Waals surface area contributed by atoms with Crippen LogP contribution in [-0.2, 0) is 0 Å². The second-order valence-electron chi connectivity index (χ2n) is 3.59. The molecule has 0 N–H and O–H groups in total. The van der Waals surface area contributed by atoms with E-state index in [9.17, 15) is 0 Å². The molecule has 3 aromatic rings. The van der Waals surface area contributed by atoms with Crippen molar-refractivity contribution >= 4 is 34.2 Å². The van der Waals surface area contributed by atoms with Crippen molar-refractivity contribution in [3.63, 3.8) is 0 Å². The first-order valence-corrected chi connectivity index (χ1v) is 5.88. The van der Waals surface area contributed by atoms with Crippen LogP contribution >= 0.6 is 23.2 Å². The lowest BCUT2D eigenvalue weighted by atomic mass is 10.2. The summed E-state index contributed by atoms with van der Waals surface area (Å²) in [5, 5.41) is 0.900. The SMILES string of the molecule is Clc1cccnc1-c1cnc2c(Cl)ncnc2c1. The van der Waals surface area contributed by atoms with Crippen molar-refractivity contribution < 1.29 is 0 Å². The van der Waals surface area contributed by atoms with Crippen molar-refractivity contribution in [3.05, 3.63) is 47.1 Å². The molecule has 0 radical (unpaired) electrons. The number of rotatable bonds is 1. The summed E-state index contributed by atoms with van der Waals surface area (Å²) in [4.78, 5) is 16.5. The van der Waals surface area contributed by atoms with Crippen LogP contribution in [-0.4, -0.2) is 19.9 Å². The van der Waals surface area contributed by atoms with E-state index in [1.807, 2.05) is 6.07 Å².